The van der Waals surface area contributed by atoms with Crippen LogP contribution >= 0.6 is 0 Å². The summed E-state index contributed by atoms with van der Waals surface area (Å²) in [6, 6.07) is 22.2. The number of hydrogen-bond acceptors (Lipinski definition) is 7. The highest BCUT2D eigenvalue weighted by Crippen LogP contribution is 2.30. The molecule has 0 unspecified atom stereocenters. The minimum absolute atomic E-state index is 0.277. The van der Waals surface area contributed by atoms with Gasteiger partial charge in [-0.3, -0.25) is 20.0 Å². The highest BCUT2D eigenvalue weighted by Gasteiger charge is 2.29. The SMILES string of the molecule is O=C(c1cc(-c2ccccc2Nc2ccccc2)[nH]n1)S(=O)(=O)c1ccc([N+](=O)[O-])cc1. The molecule has 0 radical (unpaired) electrons. The monoisotopic (exact) mass is 448 g/mol. The molecule has 1 heterocycles. The minimum Gasteiger partial charge on any atom is -0.355 e. The van der Waals surface area contributed by atoms with Crippen LogP contribution in [0.15, 0.2) is 89.8 Å². The average Bonchev–Trinajstić information content (AvgIpc) is 3.29. The molecule has 160 valence electrons. The summed E-state index contributed by atoms with van der Waals surface area (Å²) in [6.45, 7) is 0. The Morgan fingerprint density at radius 3 is 2.28 bits per heavy atom. The van der Waals surface area contributed by atoms with Gasteiger partial charge in [-0.25, -0.2) is 8.42 Å². The summed E-state index contributed by atoms with van der Waals surface area (Å²) in [4.78, 5) is 22.5. The number of aromatic amines is 1. The number of anilines is 2. The fraction of sp³-hybridized carbons (Fsp3) is 0. The van der Waals surface area contributed by atoms with Gasteiger partial charge in [-0.15, -0.1) is 0 Å². The fourth-order valence-corrected chi connectivity index (χ4v) is 4.15. The molecule has 10 heteroatoms. The Balaban J connectivity index is 1.63. The standard InChI is InChI=1S/C22H16N4O5S/c27-22(32(30,31)17-12-10-16(11-13-17)26(28)29)21-14-20(24-25-21)18-8-4-5-9-19(18)23-15-6-2-1-3-7-15/h1-14,23H,(H,24,25). The lowest BCUT2D eigenvalue weighted by atomic mass is 10.1. The second kappa shape index (κ2) is 8.44. The van der Waals surface area contributed by atoms with Crippen LogP contribution in [0, 0.1) is 10.1 Å². The van der Waals surface area contributed by atoms with E-state index >= 15 is 0 Å². The number of nitrogens with one attached hydrogen (secondary N) is 2. The summed E-state index contributed by atoms with van der Waals surface area (Å²) in [5.41, 5.74) is 2.17. The van der Waals surface area contributed by atoms with E-state index in [0.29, 0.717) is 11.3 Å². The van der Waals surface area contributed by atoms with Gasteiger partial charge in [0, 0.05) is 29.1 Å². The van der Waals surface area contributed by atoms with E-state index in [0.717, 1.165) is 35.6 Å². The van der Waals surface area contributed by atoms with Crippen LogP contribution in [0.25, 0.3) is 11.3 Å². The van der Waals surface area contributed by atoms with E-state index in [1.807, 2.05) is 48.5 Å². The third-order valence-electron chi connectivity index (χ3n) is 4.66. The zero-order valence-electron chi connectivity index (χ0n) is 16.4. The van der Waals surface area contributed by atoms with Gasteiger partial charge in [0.05, 0.1) is 15.5 Å². The first-order chi connectivity index (χ1) is 15.4. The maximum absolute atomic E-state index is 12.7. The number of hydrogen-bond donors (Lipinski definition) is 2. The van der Waals surface area contributed by atoms with Gasteiger partial charge in [0.15, 0.2) is 0 Å². The molecule has 0 saturated heterocycles. The minimum atomic E-state index is -4.42. The van der Waals surface area contributed by atoms with Crippen molar-refractivity contribution in [2.45, 2.75) is 4.90 Å². The van der Waals surface area contributed by atoms with Crippen LogP contribution in [-0.2, 0) is 9.84 Å². The van der Waals surface area contributed by atoms with Gasteiger partial charge in [-0.05, 0) is 36.4 Å². The molecule has 3 aromatic carbocycles. The molecule has 4 rings (SSSR count). The number of rotatable bonds is 6. The molecule has 1 aromatic heterocycles. The van der Waals surface area contributed by atoms with E-state index in [4.69, 9.17) is 0 Å². The van der Waals surface area contributed by atoms with Crippen molar-refractivity contribution in [3.63, 3.8) is 0 Å². The number of non-ortho nitro benzene ring substituents is 1. The topological polar surface area (TPSA) is 135 Å². The molecule has 2 N–H and O–H groups in total. The third kappa shape index (κ3) is 4.12. The Morgan fingerprint density at radius 2 is 1.59 bits per heavy atom. The van der Waals surface area contributed by atoms with Crippen LogP contribution in [0.3, 0.4) is 0 Å². The van der Waals surface area contributed by atoms with Crippen molar-refractivity contribution in [1.29, 1.82) is 0 Å². The molecule has 9 nitrogen and oxygen atoms in total. The lowest BCUT2D eigenvalue weighted by molar-refractivity contribution is -0.384. The van der Waals surface area contributed by atoms with Gasteiger partial charge in [0.25, 0.3) is 5.69 Å². The predicted molar refractivity (Wildman–Crippen MR) is 118 cm³/mol. The molecular formula is C22H16N4O5S. The van der Waals surface area contributed by atoms with E-state index in [1.54, 1.807) is 6.07 Å². The maximum atomic E-state index is 12.7. The number of sulfone groups is 1. The number of nitro groups is 1. The number of nitro benzene ring substituents is 1. The van der Waals surface area contributed by atoms with Crippen LogP contribution in [0.2, 0.25) is 0 Å². The molecule has 0 amide bonds. The van der Waals surface area contributed by atoms with E-state index in [9.17, 15) is 23.3 Å². The largest absolute Gasteiger partial charge is 0.355 e. The number of aromatic nitrogens is 2. The van der Waals surface area contributed by atoms with E-state index in [-0.39, 0.29) is 16.3 Å². The highest BCUT2D eigenvalue weighted by molar-refractivity contribution is 8.06. The van der Waals surface area contributed by atoms with Crippen molar-refractivity contribution < 1.29 is 18.1 Å². The maximum Gasteiger partial charge on any atom is 0.301 e. The van der Waals surface area contributed by atoms with E-state index < -0.39 is 19.9 Å². The normalized spacial score (nSPS) is 11.1. The predicted octanol–water partition coefficient (Wildman–Crippen LogP) is 4.34. The second-order valence-electron chi connectivity index (χ2n) is 6.75. The van der Waals surface area contributed by atoms with Crippen LogP contribution in [0.4, 0.5) is 17.1 Å². The molecular weight excluding hydrogens is 432 g/mol. The summed E-state index contributed by atoms with van der Waals surface area (Å²) >= 11 is 0. The Bertz CT molecular complexity index is 1400. The molecule has 4 aromatic rings. The zero-order chi connectivity index (χ0) is 22.7. The van der Waals surface area contributed by atoms with Crippen molar-refractivity contribution >= 4 is 32.0 Å². The second-order valence-corrected chi connectivity index (χ2v) is 8.59. The lowest BCUT2D eigenvalue weighted by Crippen LogP contribution is -2.15. The summed E-state index contributed by atoms with van der Waals surface area (Å²) in [7, 11) is -4.42. The summed E-state index contributed by atoms with van der Waals surface area (Å²) in [6.07, 6.45) is 0. The summed E-state index contributed by atoms with van der Waals surface area (Å²) in [5, 5.41) is 19.4. The summed E-state index contributed by atoms with van der Waals surface area (Å²) in [5.74, 6) is 0. The van der Waals surface area contributed by atoms with Crippen LogP contribution in [-0.4, -0.2) is 28.7 Å². The van der Waals surface area contributed by atoms with Crippen molar-refractivity contribution in [2.24, 2.45) is 0 Å². The number of para-hydroxylation sites is 2. The molecule has 32 heavy (non-hydrogen) atoms. The van der Waals surface area contributed by atoms with Crippen LogP contribution in [0.1, 0.15) is 10.5 Å². The highest BCUT2D eigenvalue weighted by atomic mass is 32.2. The van der Waals surface area contributed by atoms with Gasteiger partial charge < -0.3 is 5.32 Å². The molecule has 0 saturated carbocycles. The zero-order valence-corrected chi connectivity index (χ0v) is 17.2. The smallest absolute Gasteiger partial charge is 0.301 e. The first-order valence-corrected chi connectivity index (χ1v) is 10.9. The van der Waals surface area contributed by atoms with Gasteiger partial charge in [-0.2, -0.15) is 5.10 Å². The molecule has 0 spiro atoms. The van der Waals surface area contributed by atoms with E-state index in [1.165, 1.54) is 6.07 Å². The summed E-state index contributed by atoms with van der Waals surface area (Å²) < 4.78 is 25.4. The van der Waals surface area contributed by atoms with Gasteiger partial charge in [0.1, 0.15) is 5.69 Å². The van der Waals surface area contributed by atoms with Crippen LogP contribution < -0.4 is 5.32 Å². The van der Waals surface area contributed by atoms with Crippen molar-refractivity contribution in [1.82, 2.24) is 10.2 Å². The molecule has 0 bridgehead atoms. The number of carbonyl (C=O) groups is 1. The Morgan fingerprint density at radius 1 is 0.938 bits per heavy atom. The van der Waals surface area contributed by atoms with E-state index in [2.05, 4.69) is 15.5 Å². The molecule has 0 fully saturated rings. The Kier molecular flexibility index (Phi) is 5.52. The number of nitrogens with zero attached hydrogens (tertiary/aromatic N) is 2. The number of carbonyl (C=O) groups excluding carboxylic acids is 1. The van der Waals surface area contributed by atoms with Crippen LogP contribution in [0.5, 0.6) is 0 Å². The van der Waals surface area contributed by atoms with Crippen molar-refractivity contribution in [3.8, 4) is 11.3 Å². The lowest BCUT2D eigenvalue weighted by Gasteiger charge is -2.10. The first-order valence-electron chi connectivity index (χ1n) is 9.37. The quantitative estimate of drug-likeness (QED) is 0.331. The molecule has 0 aliphatic carbocycles. The van der Waals surface area contributed by atoms with Gasteiger partial charge >= 0.3 is 5.12 Å². The van der Waals surface area contributed by atoms with Gasteiger partial charge in [-0.1, -0.05) is 36.4 Å². The van der Waals surface area contributed by atoms with Gasteiger partial charge in [0.2, 0.25) is 9.84 Å². The molecule has 0 atom stereocenters. The molecule has 0 aliphatic heterocycles. The average molecular weight is 448 g/mol. The van der Waals surface area contributed by atoms with Crippen molar-refractivity contribution in [3.05, 3.63) is 101 Å². The number of H-pyrrole nitrogens is 1. The Hall–Kier alpha value is -4.31. The molecule has 0 aliphatic rings. The third-order valence-corrected chi connectivity index (χ3v) is 6.25. The first kappa shape index (κ1) is 20.9. The number of benzene rings is 3. The van der Waals surface area contributed by atoms with Crippen molar-refractivity contribution in [2.75, 3.05) is 5.32 Å². The fourth-order valence-electron chi connectivity index (χ4n) is 3.06. The Labute approximate surface area is 182 Å².